The van der Waals surface area contributed by atoms with Crippen LogP contribution < -0.4 is 11.2 Å². The van der Waals surface area contributed by atoms with E-state index in [9.17, 15) is 4.79 Å². The Labute approximate surface area is 120 Å². The van der Waals surface area contributed by atoms with E-state index in [1.54, 1.807) is 0 Å². The molecule has 0 saturated carbocycles. The number of amides is 1. The van der Waals surface area contributed by atoms with Gasteiger partial charge in [0, 0.05) is 12.5 Å². The van der Waals surface area contributed by atoms with Gasteiger partial charge in [-0.2, -0.15) is 0 Å². The van der Waals surface area contributed by atoms with E-state index in [0.717, 1.165) is 5.56 Å². The maximum atomic E-state index is 11.6. The Morgan fingerprint density at radius 1 is 1.30 bits per heavy atom. The molecule has 3 N–H and O–H groups in total. The summed E-state index contributed by atoms with van der Waals surface area (Å²) in [6.07, 6.45) is -0.438. The van der Waals surface area contributed by atoms with Crippen LogP contribution in [0.2, 0.25) is 0 Å². The van der Waals surface area contributed by atoms with Gasteiger partial charge in [0.15, 0.2) is 0 Å². The van der Waals surface area contributed by atoms with Gasteiger partial charge in [0.25, 0.3) is 0 Å². The smallest absolute Gasteiger partial charge is 0.407 e. The van der Waals surface area contributed by atoms with Gasteiger partial charge < -0.3 is 14.9 Å². The average Bonchev–Trinajstić information content (AvgIpc) is 2.33. The summed E-state index contributed by atoms with van der Waals surface area (Å²) in [6, 6.07) is 8.06. The fourth-order valence-electron chi connectivity index (χ4n) is 1.75. The molecule has 0 saturated heterocycles. The van der Waals surface area contributed by atoms with Gasteiger partial charge in [-0.05, 0) is 33.3 Å². The average molecular weight is 280 g/mol. The van der Waals surface area contributed by atoms with Crippen molar-refractivity contribution in [2.75, 3.05) is 13.2 Å². The Balaban J connectivity index is 2.59. The molecule has 112 valence electrons. The largest absolute Gasteiger partial charge is 0.444 e. The number of hydrogen-bond donors (Lipinski definition) is 2. The number of ether oxygens (including phenoxy) is 1. The van der Waals surface area contributed by atoms with Crippen LogP contribution in [0.4, 0.5) is 4.79 Å². The van der Waals surface area contributed by atoms with Gasteiger partial charge in [-0.25, -0.2) is 10.7 Å². The van der Waals surface area contributed by atoms with Crippen LogP contribution in [0.5, 0.6) is 0 Å². The Hall–Kier alpha value is -1.59. The van der Waals surface area contributed by atoms with Crippen LogP contribution in [0.1, 0.15) is 37.8 Å². The third-order valence-corrected chi connectivity index (χ3v) is 2.74. The van der Waals surface area contributed by atoms with Crippen molar-refractivity contribution in [3.63, 3.8) is 0 Å². The van der Waals surface area contributed by atoms with Crippen LogP contribution >= 0.6 is 0 Å². The number of alkyl carbamates (subject to hydrolysis) is 1. The summed E-state index contributed by atoms with van der Waals surface area (Å²) < 4.78 is 5.20. The molecule has 0 aromatic heterocycles. The van der Waals surface area contributed by atoms with Crippen molar-refractivity contribution in [2.45, 2.75) is 39.2 Å². The Bertz CT molecular complexity index is 424. The van der Waals surface area contributed by atoms with Gasteiger partial charge in [-0.1, -0.05) is 29.8 Å². The highest BCUT2D eigenvalue weighted by atomic mass is 16.6. The first-order valence-corrected chi connectivity index (χ1v) is 6.67. The summed E-state index contributed by atoms with van der Waals surface area (Å²) in [5.74, 6) is 5.15. The second-order valence-corrected chi connectivity index (χ2v) is 5.82. The minimum atomic E-state index is -0.506. The summed E-state index contributed by atoms with van der Waals surface area (Å²) in [5.41, 5.74) is 1.74. The zero-order valence-electron chi connectivity index (χ0n) is 12.6. The van der Waals surface area contributed by atoms with E-state index >= 15 is 0 Å². The second-order valence-electron chi connectivity index (χ2n) is 5.82. The molecule has 0 heterocycles. The minimum absolute atomic E-state index is 0.00637. The molecular formula is C15H24N2O3. The first-order valence-electron chi connectivity index (χ1n) is 6.67. The maximum Gasteiger partial charge on any atom is 0.407 e. The zero-order valence-corrected chi connectivity index (χ0v) is 12.6. The van der Waals surface area contributed by atoms with Gasteiger partial charge >= 0.3 is 6.09 Å². The lowest BCUT2D eigenvalue weighted by molar-refractivity contribution is 0.0512. The molecule has 5 nitrogen and oxygen atoms in total. The molecule has 1 amide bonds. The van der Waals surface area contributed by atoms with E-state index < -0.39 is 11.7 Å². The van der Waals surface area contributed by atoms with Crippen molar-refractivity contribution in [1.82, 2.24) is 5.32 Å². The zero-order chi connectivity index (χ0) is 15.2. The molecule has 0 radical (unpaired) electrons. The molecule has 1 aromatic rings. The predicted octanol–water partition coefficient (Wildman–Crippen LogP) is 2.49. The predicted molar refractivity (Wildman–Crippen MR) is 78.3 cm³/mol. The molecule has 0 fully saturated rings. The molecule has 0 bridgehead atoms. The number of aryl methyl sites for hydroxylation is 1. The number of carbonyl (C=O) groups is 1. The van der Waals surface area contributed by atoms with Crippen molar-refractivity contribution in [1.29, 1.82) is 0 Å². The van der Waals surface area contributed by atoms with Gasteiger partial charge in [0.1, 0.15) is 5.60 Å². The standard InChI is InChI=1S/C15H24N2O3/c1-11-5-7-12(8-6-11)13(10-19-16)9-17-14(18)20-15(2,3)4/h5-8,13H,9-10,16H2,1-4H3,(H,17,18). The first-order chi connectivity index (χ1) is 9.31. The highest BCUT2D eigenvalue weighted by molar-refractivity contribution is 5.67. The maximum absolute atomic E-state index is 11.6. The van der Waals surface area contributed by atoms with Crippen molar-refractivity contribution < 1.29 is 14.4 Å². The Morgan fingerprint density at radius 3 is 2.40 bits per heavy atom. The third-order valence-electron chi connectivity index (χ3n) is 2.74. The molecule has 5 heteroatoms. The van der Waals surface area contributed by atoms with Crippen LogP contribution in [0.15, 0.2) is 24.3 Å². The molecule has 0 aliphatic heterocycles. The summed E-state index contributed by atoms with van der Waals surface area (Å²) in [7, 11) is 0. The Morgan fingerprint density at radius 2 is 1.90 bits per heavy atom. The molecule has 1 atom stereocenters. The summed E-state index contributed by atoms with van der Waals surface area (Å²) in [5, 5.41) is 2.74. The number of hydrogen-bond acceptors (Lipinski definition) is 4. The van der Waals surface area contributed by atoms with Crippen molar-refractivity contribution in [3.8, 4) is 0 Å². The van der Waals surface area contributed by atoms with Crippen molar-refractivity contribution in [3.05, 3.63) is 35.4 Å². The van der Waals surface area contributed by atoms with Crippen molar-refractivity contribution >= 4 is 6.09 Å². The highest BCUT2D eigenvalue weighted by Gasteiger charge is 2.18. The fraction of sp³-hybridized carbons (Fsp3) is 0.533. The van der Waals surface area contributed by atoms with E-state index in [1.807, 2.05) is 52.0 Å². The van der Waals surface area contributed by atoms with Crippen LogP contribution in [-0.2, 0) is 9.57 Å². The van der Waals surface area contributed by atoms with Crippen LogP contribution in [-0.4, -0.2) is 24.8 Å². The first kappa shape index (κ1) is 16.5. The Kier molecular flexibility index (Phi) is 5.98. The van der Waals surface area contributed by atoms with Crippen LogP contribution in [0.3, 0.4) is 0 Å². The lowest BCUT2D eigenvalue weighted by Gasteiger charge is -2.22. The quantitative estimate of drug-likeness (QED) is 0.813. The highest BCUT2D eigenvalue weighted by Crippen LogP contribution is 2.16. The molecule has 0 aliphatic rings. The minimum Gasteiger partial charge on any atom is -0.444 e. The molecular weight excluding hydrogens is 256 g/mol. The third kappa shape index (κ3) is 6.04. The van der Waals surface area contributed by atoms with Gasteiger partial charge in [0.2, 0.25) is 0 Å². The number of carbonyl (C=O) groups excluding carboxylic acids is 1. The second kappa shape index (κ2) is 7.26. The molecule has 1 aromatic carbocycles. The SMILES string of the molecule is Cc1ccc(C(CNC(=O)OC(C)(C)C)CON)cc1. The topological polar surface area (TPSA) is 73.6 Å². The van der Waals surface area contributed by atoms with Crippen LogP contribution in [0.25, 0.3) is 0 Å². The van der Waals surface area contributed by atoms with E-state index in [4.69, 9.17) is 15.5 Å². The van der Waals surface area contributed by atoms with Gasteiger partial charge in [-0.3, -0.25) is 0 Å². The number of rotatable bonds is 5. The number of nitrogens with one attached hydrogen (secondary N) is 1. The van der Waals surface area contributed by atoms with E-state index in [1.165, 1.54) is 5.56 Å². The molecule has 0 aliphatic carbocycles. The van der Waals surface area contributed by atoms with Crippen LogP contribution in [0, 0.1) is 6.92 Å². The monoisotopic (exact) mass is 280 g/mol. The summed E-state index contributed by atoms with van der Waals surface area (Å²) >= 11 is 0. The van der Waals surface area contributed by atoms with E-state index in [-0.39, 0.29) is 5.92 Å². The summed E-state index contributed by atoms with van der Waals surface area (Å²) in [6.45, 7) is 8.25. The number of benzene rings is 1. The number of nitrogens with two attached hydrogens (primary N) is 1. The molecule has 0 spiro atoms. The lowest BCUT2D eigenvalue weighted by atomic mass is 9.99. The molecule has 1 rings (SSSR count). The van der Waals surface area contributed by atoms with E-state index in [2.05, 4.69) is 5.32 Å². The fourth-order valence-corrected chi connectivity index (χ4v) is 1.75. The van der Waals surface area contributed by atoms with Gasteiger partial charge in [0.05, 0.1) is 6.61 Å². The lowest BCUT2D eigenvalue weighted by Crippen LogP contribution is -2.35. The molecule has 20 heavy (non-hydrogen) atoms. The normalized spacial score (nSPS) is 12.8. The molecule has 1 unspecified atom stereocenters. The van der Waals surface area contributed by atoms with E-state index in [0.29, 0.717) is 13.2 Å². The van der Waals surface area contributed by atoms with Crippen molar-refractivity contribution in [2.24, 2.45) is 5.90 Å². The van der Waals surface area contributed by atoms with Gasteiger partial charge in [-0.15, -0.1) is 0 Å². The summed E-state index contributed by atoms with van der Waals surface area (Å²) in [4.78, 5) is 16.4.